The summed E-state index contributed by atoms with van der Waals surface area (Å²) in [6, 6.07) is 0. The number of carbonyl (C=O) groups is 1. The molecule has 58 valence electrons. The largest absolute Gasteiger partial charge is 0.363 e. The van der Waals surface area contributed by atoms with Crippen molar-refractivity contribution < 1.29 is 19.0 Å². The van der Waals surface area contributed by atoms with E-state index in [-0.39, 0.29) is 42.4 Å². The molecule has 0 aromatic rings. The van der Waals surface area contributed by atoms with Crippen LogP contribution >= 0.6 is 0 Å². The summed E-state index contributed by atoms with van der Waals surface area (Å²) in [5.41, 5.74) is 0. The summed E-state index contributed by atoms with van der Waals surface area (Å²) < 4.78 is 15.9. The molecule has 4 fully saturated rings. The van der Waals surface area contributed by atoms with Gasteiger partial charge in [0.25, 0.3) is 0 Å². The predicted octanol–water partition coefficient (Wildman–Crippen LogP) is -1.13. The standard InChI is InChI=1S/C7H6O4/c8-1-2-4(9-2)6-7-5(11-7)3(1)10-6/h2-7H/t2-,3-,4-,5+,6+,7+/m1/s1. The third-order valence-electron chi connectivity index (χ3n) is 2.90. The van der Waals surface area contributed by atoms with Gasteiger partial charge in [0.2, 0.25) is 0 Å². The van der Waals surface area contributed by atoms with Crippen LogP contribution in [0.5, 0.6) is 0 Å². The summed E-state index contributed by atoms with van der Waals surface area (Å²) in [4.78, 5) is 11.3. The van der Waals surface area contributed by atoms with E-state index in [1.807, 2.05) is 0 Å². The first-order valence-electron chi connectivity index (χ1n) is 3.86. The third kappa shape index (κ3) is 0.431. The van der Waals surface area contributed by atoms with Gasteiger partial charge in [-0.1, -0.05) is 0 Å². The Labute approximate surface area is 62.4 Å². The van der Waals surface area contributed by atoms with Gasteiger partial charge >= 0.3 is 0 Å². The Bertz CT molecular complexity index is 263. The van der Waals surface area contributed by atoms with Crippen LogP contribution < -0.4 is 0 Å². The fraction of sp³-hybridized carbons (Fsp3) is 0.857. The highest BCUT2D eigenvalue weighted by Crippen LogP contribution is 2.51. The number of Topliss-reactive ketones (excluding diaryl/α,β-unsaturated/α-hetero) is 1. The van der Waals surface area contributed by atoms with Crippen LogP contribution in [0, 0.1) is 0 Å². The van der Waals surface area contributed by atoms with Crippen molar-refractivity contribution in [1.29, 1.82) is 0 Å². The minimum Gasteiger partial charge on any atom is -0.363 e. The quantitative estimate of drug-likeness (QED) is 0.414. The summed E-state index contributed by atoms with van der Waals surface area (Å²) in [5, 5.41) is 0. The maximum atomic E-state index is 11.3. The van der Waals surface area contributed by atoms with E-state index in [9.17, 15) is 4.79 Å². The molecule has 6 atom stereocenters. The molecule has 4 aliphatic heterocycles. The second-order valence-corrected chi connectivity index (χ2v) is 3.51. The number of ether oxygens (including phenoxy) is 3. The number of hydrogen-bond donors (Lipinski definition) is 0. The summed E-state index contributed by atoms with van der Waals surface area (Å²) in [5.74, 6) is 0.0937. The van der Waals surface area contributed by atoms with Crippen LogP contribution in [0.4, 0.5) is 0 Å². The Balaban J connectivity index is 1.85. The lowest BCUT2D eigenvalue weighted by Gasteiger charge is -2.17. The second-order valence-electron chi connectivity index (χ2n) is 3.51. The van der Waals surface area contributed by atoms with Crippen molar-refractivity contribution in [3.8, 4) is 0 Å². The molecular formula is C7H6O4. The summed E-state index contributed by atoms with van der Waals surface area (Å²) >= 11 is 0. The van der Waals surface area contributed by atoms with Gasteiger partial charge in [-0.2, -0.15) is 0 Å². The van der Waals surface area contributed by atoms with Crippen molar-refractivity contribution >= 4 is 5.78 Å². The van der Waals surface area contributed by atoms with E-state index in [0.29, 0.717) is 0 Å². The fourth-order valence-electron chi connectivity index (χ4n) is 2.23. The number of hydrogen-bond acceptors (Lipinski definition) is 4. The number of carbonyl (C=O) groups excluding carboxylic acids is 1. The van der Waals surface area contributed by atoms with Gasteiger partial charge in [-0.05, 0) is 0 Å². The molecule has 0 spiro atoms. The lowest BCUT2D eigenvalue weighted by molar-refractivity contribution is -0.139. The van der Waals surface area contributed by atoms with E-state index in [2.05, 4.69) is 0 Å². The normalized spacial score (nSPS) is 68.9. The average Bonchev–Trinajstić information content (AvgIpc) is 2.83. The van der Waals surface area contributed by atoms with E-state index in [1.54, 1.807) is 0 Å². The molecule has 4 nitrogen and oxygen atoms in total. The van der Waals surface area contributed by atoms with Gasteiger partial charge in [-0.3, -0.25) is 4.79 Å². The van der Waals surface area contributed by atoms with Crippen molar-refractivity contribution in [1.82, 2.24) is 0 Å². The zero-order valence-electron chi connectivity index (χ0n) is 5.60. The molecule has 0 radical (unpaired) electrons. The van der Waals surface area contributed by atoms with Gasteiger partial charge in [0.05, 0.1) is 0 Å². The van der Waals surface area contributed by atoms with Gasteiger partial charge in [0.15, 0.2) is 5.78 Å². The lowest BCUT2D eigenvalue weighted by Crippen LogP contribution is -2.39. The highest BCUT2D eigenvalue weighted by atomic mass is 16.7. The molecule has 0 N–H and O–H groups in total. The Hall–Kier alpha value is -0.450. The van der Waals surface area contributed by atoms with Crippen LogP contribution in [-0.2, 0) is 19.0 Å². The first-order valence-corrected chi connectivity index (χ1v) is 3.86. The number of fused-ring (bicyclic) bond motifs is 7. The van der Waals surface area contributed by atoms with Crippen LogP contribution in [0.2, 0.25) is 0 Å². The van der Waals surface area contributed by atoms with E-state index in [1.165, 1.54) is 0 Å². The first kappa shape index (κ1) is 5.24. The lowest BCUT2D eigenvalue weighted by atomic mass is 10.1. The highest BCUT2D eigenvalue weighted by molar-refractivity contribution is 5.93. The molecule has 4 rings (SSSR count). The van der Waals surface area contributed by atoms with E-state index >= 15 is 0 Å². The maximum Gasteiger partial charge on any atom is 0.195 e. The van der Waals surface area contributed by atoms with Gasteiger partial charge in [0, 0.05) is 0 Å². The molecule has 11 heavy (non-hydrogen) atoms. The van der Waals surface area contributed by atoms with Crippen LogP contribution in [0.25, 0.3) is 0 Å². The van der Waals surface area contributed by atoms with Crippen molar-refractivity contribution in [3.05, 3.63) is 0 Å². The molecule has 0 unspecified atom stereocenters. The van der Waals surface area contributed by atoms with E-state index in [0.717, 1.165) is 0 Å². The van der Waals surface area contributed by atoms with Crippen LogP contribution in [-0.4, -0.2) is 42.4 Å². The van der Waals surface area contributed by atoms with E-state index < -0.39 is 0 Å². The Kier molecular flexibility index (Phi) is 0.600. The maximum absolute atomic E-state index is 11.3. The molecule has 2 bridgehead atoms. The van der Waals surface area contributed by atoms with Crippen molar-refractivity contribution in [3.63, 3.8) is 0 Å². The van der Waals surface area contributed by atoms with Crippen LogP contribution in [0.1, 0.15) is 0 Å². The molecular weight excluding hydrogens is 148 g/mol. The molecule has 0 aromatic carbocycles. The van der Waals surface area contributed by atoms with E-state index in [4.69, 9.17) is 14.2 Å². The monoisotopic (exact) mass is 154 g/mol. The summed E-state index contributed by atoms with van der Waals surface area (Å²) in [6.07, 6.45) is -0.113. The highest BCUT2D eigenvalue weighted by Gasteiger charge is 2.73. The Morgan fingerprint density at radius 2 is 1.36 bits per heavy atom. The predicted molar refractivity (Wildman–Crippen MR) is 31.0 cm³/mol. The third-order valence-corrected chi connectivity index (χ3v) is 2.90. The molecule has 4 heteroatoms. The summed E-state index contributed by atoms with van der Waals surface area (Å²) in [6.45, 7) is 0. The van der Waals surface area contributed by atoms with Gasteiger partial charge in [0.1, 0.15) is 36.6 Å². The Morgan fingerprint density at radius 1 is 0.818 bits per heavy atom. The molecule has 4 saturated heterocycles. The van der Waals surface area contributed by atoms with Gasteiger partial charge < -0.3 is 14.2 Å². The minimum absolute atomic E-state index is 0.0243. The molecule has 4 heterocycles. The SMILES string of the molecule is O=C1[C@H]2O[C@H]([C@H]3O[C@H]32)[C@@H]2O[C@H]12. The summed E-state index contributed by atoms with van der Waals surface area (Å²) in [7, 11) is 0. The van der Waals surface area contributed by atoms with Gasteiger partial charge in [-0.25, -0.2) is 0 Å². The van der Waals surface area contributed by atoms with Crippen molar-refractivity contribution in [2.24, 2.45) is 0 Å². The van der Waals surface area contributed by atoms with Crippen molar-refractivity contribution in [2.45, 2.75) is 36.6 Å². The van der Waals surface area contributed by atoms with Gasteiger partial charge in [-0.15, -0.1) is 0 Å². The molecule has 0 aliphatic carbocycles. The molecule has 0 saturated carbocycles. The number of rotatable bonds is 0. The number of ketones is 1. The molecule has 0 aromatic heterocycles. The average molecular weight is 154 g/mol. The van der Waals surface area contributed by atoms with Crippen LogP contribution in [0.15, 0.2) is 0 Å². The number of epoxide rings is 2. The topological polar surface area (TPSA) is 51.4 Å². The fourth-order valence-corrected chi connectivity index (χ4v) is 2.23. The Morgan fingerprint density at radius 3 is 2.18 bits per heavy atom. The molecule has 0 amide bonds. The molecule has 4 aliphatic rings. The minimum atomic E-state index is -0.297. The smallest absolute Gasteiger partial charge is 0.195 e. The van der Waals surface area contributed by atoms with Crippen LogP contribution in [0.3, 0.4) is 0 Å². The second kappa shape index (κ2) is 1.26. The zero-order valence-corrected chi connectivity index (χ0v) is 5.60. The zero-order chi connectivity index (χ0) is 7.16. The first-order chi connectivity index (χ1) is 5.36. The van der Waals surface area contributed by atoms with Crippen molar-refractivity contribution in [2.75, 3.05) is 0 Å².